The number of pyridine rings is 1. The van der Waals surface area contributed by atoms with Gasteiger partial charge in [-0.3, -0.25) is 9.88 Å². The Bertz CT molecular complexity index is 1150. The number of aromatic nitrogens is 4. The zero-order chi connectivity index (χ0) is 20.5. The molecule has 1 aliphatic heterocycles. The van der Waals surface area contributed by atoms with Crippen molar-refractivity contribution >= 4 is 5.65 Å². The molecule has 4 heterocycles. The Morgan fingerprint density at radius 2 is 1.83 bits per heavy atom. The van der Waals surface area contributed by atoms with Gasteiger partial charge in [-0.05, 0) is 62.1 Å². The van der Waals surface area contributed by atoms with Crippen molar-refractivity contribution < 1.29 is 0 Å². The summed E-state index contributed by atoms with van der Waals surface area (Å²) in [4.78, 5) is 11.5. The number of nitrogens with zero attached hydrogens (tertiary/aromatic N) is 5. The van der Waals surface area contributed by atoms with Crippen LogP contribution in [0, 0.1) is 13.8 Å². The molecule has 5 heteroatoms. The molecule has 0 spiro atoms. The molecule has 1 fully saturated rings. The quantitative estimate of drug-likeness (QED) is 0.497. The summed E-state index contributed by atoms with van der Waals surface area (Å²) in [6, 6.07) is 14.8. The Labute approximate surface area is 177 Å². The highest BCUT2D eigenvalue weighted by Gasteiger charge is 2.27. The zero-order valence-electron chi connectivity index (χ0n) is 17.6. The lowest BCUT2D eigenvalue weighted by Crippen LogP contribution is -2.35. The highest BCUT2D eigenvalue weighted by Crippen LogP contribution is 2.33. The summed E-state index contributed by atoms with van der Waals surface area (Å²) in [5.41, 5.74) is 8.09. The van der Waals surface area contributed by atoms with Crippen molar-refractivity contribution in [3.8, 4) is 11.1 Å². The average Bonchev–Trinajstić information content (AvgIpc) is 3.11. The van der Waals surface area contributed by atoms with Gasteiger partial charge in [-0.25, -0.2) is 9.50 Å². The summed E-state index contributed by atoms with van der Waals surface area (Å²) in [5, 5.41) is 4.95. The van der Waals surface area contributed by atoms with Crippen molar-refractivity contribution in [2.24, 2.45) is 0 Å². The number of piperidine rings is 1. The molecule has 0 amide bonds. The van der Waals surface area contributed by atoms with Gasteiger partial charge in [0, 0.05) is 43.2 Å². The molecule has 0 bridgehead atoms. The van der Waals surface area contributed by atoms with Crippen LogP contribution in [0.4, 0.5) is 0 Å². The molecule has 5 rings (SSSR count). The van der Waals surface area contributed by atoms with E-state index in [1.165, 1.54) is 29.7 Å². The van der Waals surface area contributed by atoms with E-state index in [9.17, 15) is 0 Å². The van der Waals surface area contributed by atoms with Crippen LogP contribution < -0.4 is 0 Å². The minimum absolute atomic E-state index is 0.456. The van der Waals surface area contributed by atoms with Crippen molar-refractivity contribution in [1.82, 2.24) is 24.5 Å². The maximum Gasteiger partial charge on any atom is 0.163 e. The van der Waals surface area contributed by atoms with Crippen LogP contribution in [0.3, 0.4) is 0 Å². The fourth-order valence-corrected chi connectivity index (χ4v) is 4.81. The second-order valence-electron chi connectivity index (χ2n) is 8.32. The van der Waals surface area contributed by atoms with Crippen LogP contribution in [-0.4, -0.2) is 37.6 Å². The van der Waals surface area contributed by atoms with Crippen molar-refractivity contribution in [2.75, 3.05) is 13.1 Å². The molecule has 30 heavy (non-hydrogen) atoms. The summed E-state index contributed by atoms with van der Waals surface area (Å²) in [6.07, 6.45) is 8.07. The van der Waals surface area contributed by atoms with Gasteiger partial charge in [0.15, 0.2) is 5.65 Å². The van der Waals surface area contributed by atoms with Gasteiger partial charge >= 0.3 is 0 Å². The lowest BCUT2D eigenvalue weighted by molar-refractivity contribution is 0.197. The third-order valence-electron chi connectivity index (χ3n) is 6.16. The minimum Gasteiger partial charge on any atom is -0.298 e. The van der Waals surface area contributed by atoms with Crippen LogP contribution in [0.1, 0.15) is 41.3 Å². The maximum atomic E-state index is 4.95. The van der Waals surface area contributed by atoms with Crippen molar-refractivity contribution in [3.63, 3.8) is 0 Å². The standard InChI is InChI=1S/C25H27N5/c1-18-15-27-25-23(21-10-12-26-13-11-21)19(2)28-30(25)24(18)22-9-6-14-29(17-22)16-20-7-4-3-5-8-20/h3-5,7-8,10-13,15,22H,6,9,14,16-17H2,1-2H3. The number of fused-ring (bicyclic) bond motifs is 1. The molecule has 0 radical (unpaired) electrons. The number of hydrogen-bond donors (Lipinski definition) is 0. The van der Waals surface area contributed by atoms with Crippen LogP contribution in [0.25, 0.3) is 16.8 Å². The lowest BCUT2D eigenvalue weighted by atomic mass is 9.92. The number of rotatable bonds is 4. The number of hydrogen-bond acceptors (Lipinski definition) is 4. The third-order valence-corrected chi connectivity index (χ3v) is 6.16. The molecule has 3 aromatic heterocycles. The number of benzene rings is 1. The Morgan fingerprint density at radius 1 is 1.03 bits per heavy atom. The topological polar surface area (TPSA) is 46.3 Å². The van der Waals surface area contributed by atoms with Crippen molar-refractivity contribution in [3.05, 3.63) is 83.6 Å². The molecular weight excluding hydrogens is 370 g/mol. The van der Waals surface area contributed by atoms with Gasteiger partial charge in [0.05, 0.1) is 11.4 Å². The van der Waals surface area contributed by atoms with E-state index in [1.54, 1.807) is 0 Å². The van der Waals surface area contributed by atoms with Crippen LogP contribution in [-0.2, 0) is 6.54 Å². The zero-order valence-corrected chi connectivity index (χ0v) is 17.6. The molecule has 1 aromatic carbocycles. The van der Waals surface area contributed by atoms with Gasteiger partial charge in [0.1, 0.15) is 0 Å². The Hall–Kier alpha value is -3.05. The van der Waals surface area contributed by atoms with Crippen molar-refractivity contribution in [2.45, 2.75) is 39.2 Å². The van der Waals surface area contributed by atoms with E-state index in [2.05, 4.69) is 58.6 Å². The van der Waals surface area contributed by atoms with Gasteiger partial charge in [-0.2, -0.15) is 5.10 Å². The predicted molar refractivity (Wildman–Crippen MR) is 119 cm³/mol. The SMILES string of the molecule is Cc1cnc2c(-c3ccncc3)c(C)nn2c1C1CCCN(Cc2ccccc2)C1. The second kappa shape index (κ2) is 8.00. The van der Waals surface area contributed by atoms with Crippen LogP contribution in [0.15, 0.2) is 61.1 Å². The summed E-state index contributed by atoms with van der Waals surface area (Å²) in [6.45, 7) is 7.45. The summed E-state index contributed by atoms with van der Waals surface area (Å²) < 4.78 is 2.11. The van der Waals surface area contributed by atoms with Crippen molar-refractivity contribution in [1.29, 1.82) is 0 Å². The molecule has 0 saturated carbocycles. The molecule has 4 aromatic rings. The molecule has 1 atom stereocenters. The first-order valence-corrected chi connectivity index (χ1v) is 10.7. The Balaban J connectivity index is 1.51. The first-order chi connectivity index (χ1) is 14.7. The second-order valence-corrected chi connectivity index (χ2v) is 8.32. The van der Waals surface area contributed by atoms with Gasteiger partial charge in [-0.15, -0.1) is 0 Å². The third kappa shape index (κ3) is 3.50. The first kappa shape index (κ1) is 18.9. The first-order valence-electron chi connectivity index (χ1n) is 10.7. The molecule has 1 saturated heterocycles. The summed E-state index contributed by atoms with van der Waals surface area (Å²) in [7, 11) is 0. The lowest BCUT2D eigenvalue weighted by Gasteiger charge is -2.33. The molecule has 5 nitrogen and oxygen atoms in total. The molecule has 1 unspecified atom stereocenters. The molecular formula is C25H27N5. The van der Waals surface area contributed by atoms with Crippen LogP contribution in [0.5, 0.6) is 0 Å². The number of aryl methyl sites for hydroxylation is 2. The van der Waals surface area contributed by atoms with Gasteiger partial charge < -0.3 is 0 Å². The van der Waals surface area contributed by atoms with E-state index >= 15 is 0 Å². The average molecular weight is 398 g/mol. The molecule has 0 N–H and O–H groups in total. The van der Waals surface area contributed by atoms with Crippen LogP contribution >= 0.6 is 0 Å². The van der Waals surface area contributed by atoms with E-state index in [4.69, 9.17) is 10.1 Å². The fraction of sp³-hybridized carbons (Fsp3) is 0.320. The largest absolute Gasteiger partial charge is 0.298 e. The highest BCUT2D eigenvalue weighted by atomic mass is 15.3. The van der Waals surface area contributed by atoms with Gasteiger partial charge in [0.25, 0.3) is 0 Å². The molecule has 0 aliphatic carbocycles. The smallest absolute Gasteiger partial charge is 0.163 e. The Kier molecular flexibility index (Phi) is 5.05. The van der Waals surface area contributed by atoms with Gasteiger partial charge in [-0.1, -0.05) is 30.3 Å². The monoisotopic (exact) mass is 397 g/mol. The highest BCUT2D eigenvalue weighted by molar-refractivity contribution is 5.79. The Morgan fingerprint density at radius 3 is 2.63 bits per heavy atom. The maximum absolute atomic E-state index is 4.95. The van der Waals surface area contributed by atoms with Gasteiger partial charge in [0.2, 0.25) is 0 Å². The van der Waals surface area contributed by atoms with E-state index in [-0.39, 0.29) is 0 Å². The summed E-state index contributed by atoms with van der Waals surface area (Å²) in [5.74, 6) is 0.456. The van der Waals surface area contributed by atoms with E-state index in [0.717, 1.165) is 42.1 Å². The van der Waals surface area contributed by atoms with E-state index in [1.807, 2.05) is 30.7 Å². The molecule has 152 valence electrons. The minimum atomic E-state index is 0.456. The predicted octanol–water partition coefficient (Wildman–Crippen LogP) is 4.79. The normalized spacial score (nSPS) is 17.5. The number of likely N-dealkylation sites (tertiary alicyclic amines) is 1. The molecule has 1 aliphatic rings. The van der Waals surface area contributed by atoms with E-state index in [0.29, 0.717) is 5.92 Å². The summed E-state index contributed by atoms with van der Waals surface area (Å²) >= 11 is 0. The fourth-order valence-electron chi connectivity index (χ4n) is 4.81. The van der Waals surface area contributed by atoms with Crippen LogP contribution in [0.2, 0.25) is 0 Å². The van der Waals surface area contributed by atoms with E-state index < -0.39 is 0 Å².